The summed E-state index contributed by atoms with van der Waals surface area (Å²) in [5, 5.41) is 0.299. The van der Waals surface area contributed by atoms with Crippen LogP contribution >= 0.6 is 0 Å². The summed E-state index contributed by atoms with van der Waals surface area (Å²) in [6.07, 6.45) is 11.6. The molecule has 0 amide bonds. The summed E-state index contributed by atoms with van der Waals surface area (Å²) in [6, 6.07) is 0. The van der Waals surface area contributed by atoms with E-state index in [-0.39, 0.29) is 12.2 Å². The van der Waals surface area contributed by atoms with Gasteiger partial charge in [0, 0.05) is 6.61 Å². The Labute approximate surface area is 157 Å². The van der Waals surface area contributed by atoms with Gasteiger partial charge >= 0.3 is 0 Å². The summed E-state index contributed by atoms with van der Waals surface area (Å²) in [6.45, 7) is 18.7. The van der Waals surface area contributed by atoms with Crippen LogP contribution in [0.5, 0.6) is 0 Å². The lowest BCUT2D eigenvalue weighted by atomic mass is 10.1. The van der Waals surface area contributed by atoms with E-state index in [4.69, 9.17) is 13.9 Å². The summed E-state index contributed by atoms with van der Waals surface area (Å²) < 4.78 is 18.3. The Hall–Kier alpha value is -0.163. The van der Waals surface area contributed by atoms with Gasteiger partial charge in [0.25, 0.3) is 0 Å². The Morgan fingerprint density at radius 1 is 1.08 bits per heavy atom. The molecule has 0 bridgehead atoms. The van der Waals surface area contributed by atoms with Crippen LogP contribution in [0.4, 0.5) is 0 Å². The fourth-order valence-electron chi connectivity index (χ4n) is 2.79. The van der Waals surface area contributed by atoms with E-state index < -0.39 is 14.1 Å². The Morgan fingerprint density at radius 3 is 2.36 bits per heavy atom. The molecule has 0 aromatic rings. The van der Waals surface area contributed by atoms with Gasteiger partial charge in [-0.25, -0.2) is 0 Å². The van der Waals surface area contributed by atoms with Crippen molar-refractivity contribution in [3.63, 3.8) is 0 Å². The molecule has 0 radical (unpaired) electrons. The molecule has 3 nitrogen and oxygen atoms in total. The summed E-state index contributed by atoms with van der Waals surface area (Å²) >= 11 is 0. The van der Waals surface area contributed by atoms with Gasteiger partial charge in [0.05, 0.1) is 6.10 Å². The predicted molar refractivity (Wildman–Crippen MR) is 109 cm³/mol. The summed E-state index contributed by atoms with van der Waals surface area (Å²) in [4.78, 5) is 0. The second-order valence-electron chi connectivity index (χ2n) is 9.31. The number of unbranched alkanes of at least 4 members (excludes halogenated alkanes) is 3. The molecule has 2 atom stereocenters. The average Bonchev–Trinajstić information content (AvgIpc) is 2.77. The molecule has 1 aliphatic rings. The standard InChI is InChI=1S/C21H42O3Si/c1-9-10-15-18-19(24-21(5,6)23-18)16-13-11-12-14-17-22-25(7,8)20(2,3)4/h13,16,18-19H,9-12,14-15,17H2,1-8H3/b16-13-/t18-,19-/m0/s1. The first kappa shape index (κ1) is 22.9. The van der Waals surface area contributed by atoms with Gasteiger partial charge in [0.2, 0.25) is 0 Å². The molecule has 148 valence electrons. The number of allylic oxidation sites excluding steroid dienone is 1. The fourth-order valence-corrected chi connectivity index (χ4v) is 3.88. The van der Waals surface area contributed by atoms with Crippen LogP contribution in [-0.2, 0) is 13.9 Å². The fraction of sp³-hybridized carbons (Fsp3) is 0.905. The smallest absolute Gasteiger partial charge is 0.191 e. The van der Waals surface area contributed by atoms with Gasteiger partial charge < -0.3 is 13.9 Å². The summed E-state index contributed by atoms with van der Waals surface area (Å²) in [7, 11) is -1.59. The quantitative estimate of drug-likeness (QED) is 0.251. The second kappa shape index (κ2) is 9.68. The highest BCUT2D eigenvalue weighted by Gasteiger charge is 2.39. The zero-order valence-corrected chi connectivity index (χ0v) is 19.0. The topological polar surface area (TPSA) is 27.7 Å². The number of hydrogen-bond donors (Lipinski definition) is 0. The Balaban J connectivity index is 2.28. The Morgan fingerprint density at radius 2 is 1.76 bits per heavy atom. The van der Waals surface area contributed by atoms with Crippen molar-refractivity contribution in [2.24, 2.45) is 0 Å². The molecule has 25 heavy (non-hydrogen) atoms. The van der Waals surface area contributed by atoms with Crippen LogP contribution in [0, 0.1) is 0 Å². The van der Waals surface area contributed by atoms with E-state index >= 15 is 0 Å². The molecule has 0 N–H and O–H groups in total. The highest BCUT2D eigenvalue weighted by Crippen LogP contribution is 2.36. The first-order valence-corrected chi connectivity index (χ1v) is 13.1. The first-order chi connectivity index (χ1) is 11.5. The van der Waals surface area contributed by atoms with E-state index in [9.17, 15) is 0 Å². The lowest BCUT2D eigenvalue weighted by molar-refractivity contribution is -0.143. The molecular weight excluding hydrogens is 328 g/mol. The monoisotopic (exact) mass is 370 g/mol. The minimum Gasteiger partial charge on any atom is -0.417 e. The number of hydrogen-bond acceptors (Lipinski definition) is 3. The van der Waals surface area contributed by atoms with Crippen molar-refractivity contribution in [3.05, 3.63) is 12.2 Å². The van der Waals surface area contributed by atoms with Gasteiger partial charge in [-0.2, -0.15) is 0 Å². The van der Waals surface area contributed by atoms with Crippen molar-refractivity contribution >= 4 is 8.32 Å². The molecule has 0 unspecified atom stereocenters. The number of rotatable bonds is 10. The molecule has 4 heteroatoms. The lowest BCUT2D eigenvalue weighted by Crippen LogP contribution is -2.40. The van der Waals surface area contributed by atoms with Crippen molar-refractivity contribution in [1.29, 1.82) is 0 Å². The van der Waals surface area contributed by atoms with Gasteiger partial charge in [-0.15, -0.1) is 0 Å². The highest BCUT2D eigenvalue weighted by molar-refractivity contribution is 6.74. The molecule has 0 spiro atoms. The summed E-state index contributed by atoms with van der Waals surface area (Å²) in [5.41, 5.74) is 0. The highest BCUT2D eigenvalue weighted by atomic mass is 28.4. The Kier molecular flexibility index (Phi) is 8.86. The van der Waals surface area contributed by atoms with Crippen molar-refractivity contribution in [1.82, 2.24) is 0 Å². The largest absolute Gasteiger partial charge is 0.417 e. The third kappa shape index (κ3) is 7.94. The lowest BCUT2D eigenvalue weighted by Gasteiger charge is -2.36. The van der Waals surface area contributed by atoms with Crippen molar-refractivity contribution in [3.8, 4) is 0 Å². The predicted octanol–water partition coefficient (Wildman–Crippen LogP) is 6.45. The molecule has 1 rings (SSSR count). The second-order valence-corrected chi connectivity index (χ2v) is 14.1. The van der Waals surface area contributed by atoms with E-state index in [1.807, 2.05) is 13.8 Å². The van der Waals surface area contributed by atoms with Gasteiger partial charge in [-0.05, 0) is 57.7 Å². The van der Waals surface area contributed by atoms with E-state index in [0.717, 1.165) is 25.9 Å². The van der Waals surface area contributed by atoms with Crippen LogP contribution in [-0.4, -0.2) is 32.9 Å². The maximum Gasteiger partial charge on any atom is 0.191 e. The molecule has 1 heterocycles. The van der Waals surface area contributed by atoms with Gasteiger partial charge in [-0.3, -0.25) is 0 Å². The molecule has 0 aromatic heterocycles. The normalized spacial score (nSPS) is 24.3. The molecule has 1 aliphatic heterocycles. The van der Waals surface area contributed by atoms with Crippen molar-refractivity contribution in [2.75, 3.05) is 6.61 Å². The maximum atomic E-state index is 6.23. The average molecular weight is 371 g/mol. The van der Waals surface area contributed by atoms with E-state index in [1.54, 1.807) is 0 Å². The summed E-state index contributed by atoms with van der Waals surface area (Å²) in [5.74, 6) is -0.454. The van der Waals surface area contributed by atoms with E-state index in [1.165, 1.54) is 19.3 Å². The van der Waals surface area contributed by atoms with E-state index in [0.29, 0.717) is 5.04 Å². The SMILES string of the molecule is CCCC[C@@H]1OC(C)(C)O[C@H]1/C=C\CCCCO[Si](C)(C)C(C)(C)C. The zero-order valence-electron chi connectivity index (χ0n) is 18.0. The third-order valence-corrected chi connectivity index (χ3v) is 9.96. The first-order valence-electron chi connectivity index (χ1n) is 10.1. The van der Waals surface area contributed by atoms with E-state index in [2.05, 4.69) is 52.9 Å². The van der Waals surface area contributed by atoms with Gasteiger partial charge in [0.1, 0.15) is 6.10 Å². The zero-order chi connectivity index (χ0) is 19.1. The van der Waals surface area contributed by atoms with Crippen LogP contribution < -0.4 is 0 Å². The van der Waals surface area contributed by atoms with Crippen molar-refractivity contribution < 1.29 is 13.9 Å². The Bertz CT molecular complexity index is 410. The van der Waals surface area contributed by atoms with Gasteiger partial charge in [0.15, 0.2) is 14.1 Å². The number of ether oxygens (including phenoxy) is 2. The minimum atomic E-state index is -1.59. The third-order valence-electron chi connectivity index (χ3n) is 5.42. The van der Waals surface area contributed by atoms with Crippen LogP contribution in [0.25, 0.3) is 0 Å². The molecule has 1 fully saturated rings. The minimum absolute atomic E-state index is 0.102. The maximum absolute atomic E-state index is 6.23. The van der Waals surface area contributed by atoms with Gasteiger partial charge in [-0.1, -0.05) is 52.7 Å². The molecule has 0 aliphatic carbocycles. The molecule has 1 saturated heterocycles. The molecular formula is C21H42O3Si. The van der Waals surface area contributed by atoms with Crippen molar-refractivity contribution in [2.45, 2.75) is 116 Å². The molecule has 0 aromatic carbocycles. The van der Waals surface area contributed by atoms with Crippen LogP contribution in [0.15, 0.2) is 12.2 Å². The molecule has 0 saturated carbocycles. The van der Waals surface area contributed by atoms with Crippen LogP contribution in [0.1, 0.15) is 80.1 Å². The van der Waals surface area contributed by atoms with Crippen LogP contribution in [0.3, 0.4) is 0 Å². The van der Waals surface area contributed by atoms with Crippen LogP contribution in [0.2, 0.25) is 18.1 Å².